The van der Waals surface area contributed by atoms with Gasteiger partial charge in [-0.3, -0.25) is 10.1 Å². The Hall–Kier alpha value is -2.14. The highest BCUT2D eigenvalue weighted by Crippen LogP contribution is 2.34. The molecule has 94 valence electrons. The molecular formula is C14H9BrN2O2. The molecule has 0 saturated heterocycles. The van der Waals surface area contributed by atoms with Crippen LogP contribution in [0, 0.1) is 10.1 Å². The summed E-state index contributed by atoms with van der Waals surface area (Å²) in [5.41, 5.74) is 2.72. The normalized spacial score (nSPS) is 10.8. The minimum Gasteiger partial charge on any atom is -0.353 e. The first-order valence-corrected chi connectivity index (χ1v) is 6.47. The third-order valence-corrected chi connectivity index (χ3v) is 3.66. The van der Waals surface area contributed by atoms with Gasteiger partial charge in [0.1, 0.15) is 0 Å². The Bertz CT molecular complexity index is 766. The first-order valence-electron chi connectivity index (χ1n) is 5.68. The summed E-state index contributed by atoms with van der Waals surface area (Å²) in [6.07, 6.45) is 0. The molecule has 1 N–H and O–H groups in total. The Morgan fingerprint density at radius 1 is 1.11 bits per heavy atom. The monoisotopic (exact) mass is 316 g/mol. The van der Waals surface area contributed by atoms with Gasteiger partial charge in [0.05, 0.1) is 15.8 Å². The summed E-state index contributed by atoms with van der Waals surface area (Å²) >= 11 is 3.41. The van der Waals surface area contributed by atoms with E-state index >= 15 is 0 Å². The number of nitrogens with one attached hydrogen (secondary N) is 1. The highest BCUT2D eigenvalue weighted by Gasteiger charge is 2.16. The second-order valence-electron chi connectivity index (χ2n) is 4.16. The molecule has 0 spiro atoms. The fourth-order valence-corrected chi connectivity index (χ4v) is 2.55. The van der Waals surface area contributed by atoms with Gasteiger partial charge in [-0.2, -0.15) is 0 Å². The summed E-state index contributed by atoms with van der Waals surface area (Å²) in [4.78, 5) is 13.9. The molecule has 0 amide bonds. The van der Waals surface area contributed by atoms with E-state index in [1.165, 1.54) is 6.07 Å². The smallest absolute Gasteiger partial charge is 0.278 e. The summed E-state index contributed by atoms with van der Waals surface area (Å²) in [6, 6.07) is 14.7. The van der Waals surface area contributed by atoms with Crippen molar-refractivity contribution in [1.29, 1.82) is 0 Å². The lowest BCUT2D eigenvalue weighted by molar-refractivity contribution is -0.383. The number of benzene rings is 2. The zero-order valence-electron chi connectivity index (χ0n) is 9.76. The van der Waals surface area contributed by atoms with E-state index in [0.717, 1.165) is 21.2 Å². The van der Waals surface area contributed by atoms with Crippen molar-refractivity contribution in [2.75, 3.05) is 0 Å². The Labute approximate surface area is 117 Å². The van der Waals surface area contributed by atoms with Crippen LogP contribution in [-0.2, 0) is 0 Å². The van der Waals surface area contributed by atoms with Crippen LogP contribution in [-0.4, -0.2) is 9.91 Å². The van der Waals surface area contributed by atoms with Gasteiger partial charge in [0, 0.05) is 16.2 Å². The van der Waals surface area contributed by atoms with E-state index in [4.69, 9.17) is 0 Å². The van der Waals surface area contributed by atoms with Crippen LogP contribution >= 0.6 is 15.9 Å². The quantitative estimate of drug-likeness (QED) is 0.558. The van der Waals surface area contributed by atoms with Crippen LogP contribution in [0.3, 0.4) is 0 Å². The molecule has 2 aromatic carbocycles. The van der Waals surface area contributed by atoms with Crippen LogP contribution in [0.15, 0.2) is 53.0 Å². The SMILES string of the molecule is O=[N+]([O-])c1ccc(Br)c2[nH]c(-c3ccccc3)cc12. The van der Waals surface area contributed by atoms with E-state index in [2.05, 4.69) is 20.9 Å². The molecule has 0 atom stereocenters. The first-order chi connectivity index (χ1) is 9.16. The van der Waals surface area contributed by atoms with Gasteiger partial charge < -0.3 is 4.98 Å². The third kappa shape index (κ3) is 2.02. The van der Waals surface area contributed by atoms with Crippen molar-refractivity contribution in [2.45, 2.75) is 0 Å². The molecule has 3 aromatic rings. The molecular weight excluding hydrogens is 308 g/mol. The Morgan fingerprint density at radius 2 is 1.84 bits per heavy atom. The van der Waals surface area contributed by atoms with Crippen molar-refractivity contribution in [3.05, 3.63) is 63.1 Å². The lowest BCUT2D eigenvalue weighted by Crippen LogP contribution is -1.88. The average Bonchev–Trinajstić information content (AvgIpc) is 2.85. The van der Waals surface area contributed by atoms with Gasteiger partial charge >= 0.3 is 0 Å². The fourth-order valence-electron chi connectivity index (χ4n) is 2.10. The molecule has 0 unspecified atom stereocenters. The number of nitro groups is 1. The second-order valence-corrected chi connectivity index (χ2v) is 5.02. The van der Waals surface area contributed by atoms with Gasteiger partial charge in [0.2, 0.25) is 0 Å². The third-order valence-electron chi connectivity index (χ3n) is 3.00. The number of nitro benzene ring substituents is 1. The van der Waals surface area contributed by atoms with E-state index in [9.17, 15) is 10.1 Å². The standard InChI is InChI=1S/C14H9BrN2O2/c15-11-6-7-13(17(18)19)10-8-12(16-14(10)11)9-4-2-1-3-5-9/h1-8,16H. The highest BCUT2D eigenvalue weighted by molar-refractivity contribution is 9.10. The minimum absolute atomic E-state index is 0.108. The van der Waals surface area contributed by atoms with E-state index in [-0.39, 0.29) is 10.6 Å². The summed E-state index contributed by atoms with van der Waals surface area (Å²) in [7, 11) is 0. The number of hydrogen-bond donors (Lipinski definition) is 1. The Balaban J connectivity index is 2.29. The van der Waals surface area contributed by atoms with Crippen molar-refractivity contribution in [2.24, 2.45) is 0 Å². The van der Waals surface area contributed by atoms with Gasteiger partial charge in [-0.25, -0.2) is 0 Å². The molecule has 4 nitrogen and oxygen atoms in total. The van der Waals surface area contributed by atoms with Crippen molar-refractivity contribution >= 4 is 32.5 Å². The summed E-state index contributed by atoms with van der Waals surface area (Å²) < 4.78 is 0.815. The van der Waals surface area contributed by atoms with Gasteiger partial charge in [0.25, 0.3) is 5.69 Å². The van der Waals surface area contributed by atoms with Crippen LogP contribution in [0.2, 0.25) is 0 Å². The summed E-state index contributed by atoms with van der Waals surface area (Å²) in [5.74, 6) is 0. The number of non-ortho nitro benzene ring substituents is 1. The van der Waals surface area contributed by atoms with Crippen LogP contribution in [0.25, 0.3) is 22.2 Å². The predicted molar refractivity (Wildman–Crippen MR) is 78.1 cm³/mol. The number of aromatic amines is 1. The molecule has 0 aliphatic heterocycles. The molecule has 0 aliphatic rings. The van der Waals surface area contributed by atoms with Crippen LogP contribution < -0.4 is 0 Å². The van der Waals surface area contributed by atoms with Crippen molar-refractivity contribution < 1.29 is 4.92 Å². The molecule has 0 bridgehead atoms. The maximum Gasteiger partial charge on any atom is 0.278 e. The zero-order chi connectivity index (χ0) is 13.4. The predicted octanol–water partition coefficient (Wildman–Crippen LogP) is 4.51. The Kier molecular flexibility index (Phi) is 2.83. The van der Waals surface area contributed by atoms with Gasteiger partial charge in [0.15, 0.2) is 0 Å². The number of nitrogens with zero attached hydrogens (tertiary/aromatic N) is 1. The maximum atomic E-state index is 11.0. The van der Waals surface area contributed by atoms with Crippen molar-refractivity contribution in [3.8, 4) is 11.3 Å². The number of halogens is 1. The number of H-pyrrole nitrogens is 1. The fraction of sp³-hybridized carbons (Fsp3) is 0. The lowest BCUT2D eigenvalue weighted by atomic mass is 10.1. The van der Waals surface area contributed by atoms with Crippen LogP contribution in [0.1, 0.15) is 0 Å². The lowest BCUT2D eigenvalue weighted by Gasteiger charge is -1.96. The van der Waals surface area contributed by atoms with E-state index < -0.39 is 0 Å². The number of aromatic nitrogens is 1. The number of fused-ring (bicyclic) bond motifs is 1. The molecule has 1 heterocycles. The van der Waals surface area contributed by atoms with E-state index in [1.807, 2.05) is 36.4 Å². The second kappa shape index (κ2) is 4.51. The summed E-state index contributed by atoms with van der Waals surface area (Å²) in [5, 5.41) is 11.7. The van der Waals surface area contributed by atoms with Gasteiger partial charge in [-0.15, -0.1) is 0 Å². The average molecular weight is 317 g/mol. The molecule has 0 saturated carbocycles. The molecule has 0 radical (unpaired) electrons. The number of rotatable bonds is 2. The molecule has 1 aromatic heterocycles. The molecule has 0 aliphatic carbocycles. The van der Waals surface area contributed by atoms with E-state index in [0.29, 0.717) is 5.39 Å². The largest absolute Gasteiger partial charge is 0.353 e. The molecule has 5 heteroatoms. The highest BCUT2D eigenvalue weighted by atomic mass is 79.9. The van der Waals surface area contributed by atoms with Crippen molar-refractivity contribution in [3.63, 3.8) is 0 Å². The van der Waals surface area contributed by atoms with Crippen LogP contribution in [0.5, 0.6) is 0 Å². The van der Waals surface area contributed by atoms with E-state index in [1.54, 1.807) is 6.07 Å². The Morgan fingerprint density at radius 3 is 2.53 bits per heavy atom. The first kappa shape index (κ1) is 11.9. The molecule has 3 rings (SSSR count). The molecule has 0 fully saturated rings. The topological polar surface area (TPSA) is 58.9 Å². The summed E-state index contributed by atoms with van der Waals surface area (Å²) in [6.45, 7) is 0. The van der Waals surface area contributed by atoms with Crippen molar-refractivity contribution in [1.82, 2.24) is 4.98 Å². The zero-order valence-corrected chi connectivity index (χ0v) is 11.3. The van der Waals surface area contributed by atoms with Crippen LogP contribution in [0.4, 0.5) is 5.69 Å². The number of hydrogen-bond acceptors (Lipinski definition) is 2. The minimum atomic E-state index is -0.364. The van der Waals surface area contributed by atoms with Gasteiger partial charge in [-0.05, 0) is 33.6 Å². The maximum absolute atomic E-state index is 11.0. The molecule has 19 heavy (non-hydrogen) atoms. The van der Waals surface area contributed by atoms with Gasteiger partial charge in [-0.1, -0.05) is 30.3 Å².